The molecule has 7 nitrogen and oxygen atoms in total. The summed E-state index contributed by atoms with van der Waals surface area (Å²) in [6.45, 7) is 4.77. The minimum absolute atomic E-state index is 0.141. The number of hydrogen-bond acceptors (Lipinski definition) is 5. The first-order chi connectivity index (χ1) is 14.7. The van der Waals surface area contributed by atoms with Gasteiger partial charge in [0.15, 0.2) is 9.84 Å². The molecule has 0 bridgehead atoms. The van der Waals surface area contributed by atoms with E-state index in [1.165, 1.54) is 6.26 Å². The molecule has 0 saturated heterocycles. The summed E-state index contributed by atoms with van der Waals surface area (Å²) < 4.78 is 29.1. The van der Waals surface area contributed by atoms with Crippen molar-refractivity contribution in [2.45, 2.75) is 31.3 Å². The molecule has 1 aliphatic heterocycles. The number of nitrogens with zero attached hydrogens (tertiary/aromatic N) is 2. The van der Waals surface area contributed by atoms with Gasteiger partial charge in [-0.2, -0.15) is 0 Å². The van der Waals surface area contributed by atoms with Crippen LogP contribution < -0.4 is 0 Å². The highest BCUT2D eigenvalue weighted by atomic mass is 32.2. The monoisotopic (exact) mass is 439 g/mol. The predicted molar refractivity (Wildman–Crippen MR) is 120 cm³/mol. The second-order valence-electron chi connectivity index (χ2n) is 7.98. The summed E-state index contributed by atoms with van der Waals surface area (Å²) in [7, 11) is -3.29. The Labute approximate surface area is 181 Å². The number of nitrogens with one attached hydrogen (secondary N) is 1. The summed E-state index contributed by atoms with van der Waals surface area (Å²) in [5.74, 6) is 0. The average Bonchev–Trinajstić information content (AvgIpc) is 3.16. The molecule has 1 N–H and O–H groups in total. The van der Waals surface area contributed by atoms with Crippen LogP contribution in [0.2, 0.25) is 0 Å². The molecule has 0 spiro atoms. The predicted octanol–water partition coefficient (Wildman–Crippen LogP) is 4.27. The number of aromatic nitrogens is 2. The standard InChI is InChI=1S/C23H25N3O4S/c1-15(2)30-23(27)26-9-7-16(8-10-26)21-14-25-22-20(21)12-18(13-24-22)17-5-4-6-19(11-17)31(3,28)29/h4-7,11-15H,8-10H2,1-3H3,(H,24,25). The molecule has 4 rings (SSSR count). The third-order valence-electron chi connectivity index (χ3n) is 5.28. The fraction of sp³-hybridized carbons (Fsp3) is 0.304. The maximum atomic E-state index is 12.1. The van der Waals surface area contributed by atoms with Crippen molar-refractivity contribution >= 4 is 32.5 Å². The van der Waals surface area contributed by atoms with E-state index in [-0.39, 0.29) is 17.1 Å². The molecule has 8 heteroatoms. The second kappa shape index (κ2) is 8.19. The SMILES string of the molecule is CC(C)OC(=O)N1CC=C(c2c[nH]c3ncc(-c4cccc(S(C)(=O)=O)c4)cc23)CC1. The molecule has 3 heterocycles. The van der Waals surface area contributed by atoms with Gasteiger partial charge in [0, 0.05) is 48.3 Å². The molecule has 1 amide bonds. The minimum Gasteiger partial charge on any atom is -0.447 e. The van der Waals surface area contributed by atoms with E-state index in [0.717, 1.165) is 33.3 Å². The molecule has 0 saturated carbocycles. The Kier molecular flexibility index (Phi) is 5.58. The van der Waals surface area contributed by atoms with E-state index in [2.05, 4.69) is 9.97 Å². The lowest BCUT2D eigenvalue weighted by molar-refractivity contribution is 0.0799. The molecule has 3 aromatic rings. The minimum atomic E-state index is -3.29. The van der Waals surface area contributed by atoms with Crippen molar-refractivity contribution in [3.63, 3.8) is 0 Å². The maximum Gasteiger partial charge on any atom is 0.410 e. The number of amides is 1. The lowest BCUT2D eigenvalue weighted by atomic mass is 9.98. The first-order valence-corrected chi connectivity index (χ1v) is 12.0. The van der Waals surface area contributed by atoms with Gasteiger partial charge in [-0.15, -0.1) is 0 Å². The van der Waals surface area contributed by atoms with Crippen molar-refractivity contribution in [2.24, 2.45) is 0 Å². The molecule has 0 fully saturated rings. The Morgan fingerprint density at radius 1 is 1.23 bits per heavy atom. The number of carbonyl (C=O) groups excluding carboxylic acids is 1. The molecule has 0 unspecified atom stereocenters. The third kappa shape index (κ3) is 4.49. The number of ether oxygens (including phenoxy) is 1. The number of aromatic amines is 1. The summed E-state index contributed by atoms with van der Waals surface area (Å²) in [5.41, 5.74) is 4.59. The maximum absolute atomic E-state index is 12.1. The van der Waals surface area contributed by atoms with Gasteiger partial charge in [-0.05, 0) is 49.6 Å². The van der Waals surface area contributed by atoms with Crippen molar-refractivity contribution < 1.29 is 17.9 Å². The van der Waals surface area contributed by atoms with Crippen LogP contribution in [0.4, 0.5) is 4.79 Å². The molecule has 1 aromatic carbocycles. The van der Waals surface area contributed by atoms with Crippen LogP contribution in [0.1, 0.15) is 25.8 Å². The van der Waals surface area contributed by atoms with Crippen molar-refractivity contribution in [1.82, 2.24) is 14.9 Å². The fourth-order valence-corrected chi connectivity index (χ4v) is 4.36. The quantitative estimate of drug-likeness (QED) is 0.655. The van der Waals surface area contributed by atoms with Crippen molar-refractivity contribution in [1.29, 1.82) is 0 Å². The third-order valence-corrected chi connectivity index (χ3v) is 6.39. The van der Waals surface area contributed by atoms with Gasteiger partial charge in [-0.3, -0.25) is 0 Å². The Balaban J connectivity index is 1.64. The number of H-pyrrole nitrogens is 1. The highest BCUT2D eigenvalue weighted by Crippen LogP contribution is 2.32. The van der Waals surface area contributed by atoms with E-state index in [1.807, 2.05) is 38.3 Å². The van der Waals surface area contributed by atoms with Gasteiger partial charge in [-0.1, -0.05) is 18.2 Å². The van der Waals surface area contributed by atoms with Crippen molar-refractivity contribution in [2.75, 3.05) is 19.3 Å². The van der Waals surface area contributed by atoms with Gasteiger partial charge in [-0.25, -0.2) is 18.2 Å². The molecule has 1 aliphatic rings. The Morgan fingerprint density at radius 3 is 2.71 bits per heavy atom. The number of benzene rings is 1. The summed E-state index contributed by atoms with van der Waals surface area (Å²) in [6, 6.07) is 8.90. The van der Waals surface area contributed by atoms with Gasteiger partial charge in [0.05, 0.1) is 11.0 Å². The first kappa shape index (κ1) is 21.1. The van der Waals surface area contributed by atoms with Gasteiger partial charge >= 0.3 is 6.09 Å². The zero-order valence-electron chi connectivity index (χ0n) is 17.8. The van der Waals surface area contributed by atoms with Crippen LogP contribution in [0, 0.1) is 0 Å². The van der Waals surface area contributed by atoms with Crippen LogP contribution in [0.3, 0.4) is 0 Å². The summed E-state index contributed by atoms with van der Waals surface area (Å²) in [4.78, 5) is 21.8. The van der Waals surface area contributed by atoms with Gasteiger partial charge in [0.2, 0.25) is 0 Å². The Hall–Kier alpha value is -3.13. The largest absolute Gasteiger partial charge is 0.447 e. The van der Waals surface area contributed by atoms with Crippen LogP contribution >= 0.6 is 0 Å². The number of pyridine rings is 1. The number of rotatable bonds is 4. The highest BCUT2D eigenvalue weighted by Gasteiger charge is 2.21. The fourth-order valence-electron chi connectivity index (χ4n) is 3.69. The van der Waals surface area contributed by atoms with Crippen molar-refractivity contribution in [3.05, 3.63) is 54.4 Å². The average molecular weight is 440 g/mol. The van der Waals surface area contributed by atoms with Gasteiger partial charge in [0.1, 0.15) is 5.65 Å². The molecule has 162 valence electrons. The molecule has 0 radical (unpaired) electrons. The van der Waals surface area contributed by atoms with Gasteiger partial charge < -0.3 is 14.6 Å². The zero-order valence-corrected chi connectivity index (χ0v) is 18.6. The number of fused-ring (bicyclic) bond motifs is 1. The number of sulfone groups is 1. The Morgan fingerprint density at radius 2 is 2.03 bits per heavy atom. The molecule has 2 aromatic heterocycles. The van der Waals surface area contributed by atoms with Crippen LogP contribution in [0.5, 0.6) is 0 Å². The highest BCUT2D eigenvalue weighted by molar-refractivity contribution is 7.90. The van der Waals surface area contributed by atoms with Crippen LogP contribution in [-0.2, 0) is 14.6 Å². The van der Waals surface area contributed by atoms with E-state index in [4.69, 9.17) is 4.74 Å². The van der Waals surface area contributed by atoms with E-state index in [1.54, 1.807) is 29.3 Å². The van der Waals surface area contributed by atoms with E-state index < -0.39 is 9.84 Å². The molecule has 0 aliphatic carbocycles. The van der Waals surface area contributed by atoms with E-state index in [9.17, 15) is 13.2 Å². The second-order valence-corrected chi connectivity index (χ2v) is 10.00. The Bertz CT molecular complexity index is 1270. The summed E-state index contributed by atoms with van der Waals surface area (Å²) in [5, 5.41) is 0.965. The molecule has 31 heavy (non-hydrogen) atoms. The summed E-state index contributed by atoms with van der Waals surface area (Å²) >= 11 is 0. The zero-order chi connectivity index (χ0) is 22.2. The topological polar surface area (TPSA) is 92.4 Å². The van der Waals surface area contributed by atoms with Crippen LogP contribution in [0.25, 0.3) is 27.7 Å². The normalized spacial score (nSPS) is 14.7. The van der Waals surface area contributed by atoms with E-state index in [0.29, 0.717) is 19.5 Å². The van der Waals surface area contributed by atoms with Gasteiger partial charge in [0.25, 0.3) is 0 Å². The molecular weight excluding hydrogens is 414 g/mol. The number of hydrogen-bond donors (Lipinski definition) is 1. The molecular formula is C23H25N3O4S. The van der Waals surface area contributed by atoms with E-state index >= 15 is 0 Å². The smallest absolute Gasteiger partial charge is 0.410 e. The van der Waals surface area contributed by atoms with Crippen LogP contribution in [0.15, 0.2) is 53.7 Å². The van der Waals surface area contributed by atoms with Crippen molar-refractivity contribution in [3.8, 4) is 11.1 Å². The lowest BCUT2D eigenvalue weighted by Gasteiger charge is -2.26. The lowest BCUT2D eigenvalue weighted by Crippen LogP contribution is -2.36. The first-order valence-electron chi connectivity index (χ1n) is 10.1. The van der Waals surface area contributed by atoms with Crippen LogP contribution in [-0.4, -0.2) is 54.8 Å². The number of carbonyl (C=O) groups is 1. The summed E-state index contributed by atoms with van der Waals surface area (Å²) in [6.07, 6.45) is 7.20. The molecule has 0 atom stereocenters.